The van der Waals surface area contributed by atoms with Crippen molar-refractivity contribution in [1.29, 1.82) is 0 Å². The number of rotatable bonds is 6. The first-order valence-electron chi connectivity index (χ1n) is 8.55. The number of nitrogens with zero attached hydrogens (tertiary/aromatic N) is 1. The molecule has 23 heavy (non-hydrogen) atoms. The molecule has 1 aromatic rings. The molecular formula is C19H28N2O2. The maximum atomic E-state index is 12.6. The van der Waals surface area contributed by atoms with Gasteiger partial charge in [-0.2, -0.15) is 0 Å². The molecule has 1 heterocycles. The summed E-state index contributed by atoms with van der Waals surface area (Å²) < 4.78 is 0. The number of hydrogen-bond donors (Lipinski definition) is 1. The summed E-state index contributed by atoms with van der Waals surface area (Å²) in [4.78, 5) is 26.8. The van der Waals surface area contributed by atoms with Crippen LogP contribution in [-0.4, -0.2) is 29.2 Å². The molecule has 4 nitrogen and oxygen atoms in total. The van der Waals surface area contributed by atoms with Crippen molar-refractivity contribution in [3.63, 3.8) is 0 Å². The van der Waals surface area contributed by atoms with E-state index in [1.165, 1.54) is 5.56 Å². The summed E-state index contributed by atoms with van der Waals surface area (Å²) >= 11 is 0. The first-order chi connectivity index (χ1) is 10.8. The number of ketones is 1. The molecule has 0 radical (unpaired) electrons. The minimum atomic E-state index is -0.568. The predicted molar refractivity (Wildman–Crippen MR) is 93.0 cm³/mol. The van der Waals surface area contributed by atoms with Crippen LogP contribution < -0.4 is 5.73 Å². The van der Waals surface area contributed by atoms with E-state index in [1.807, 2.05) is 45.0 Å². The highest BCUT2D eigenvalue weighted by atomic mass is 16.2. The largest absolute Gasteiger partial charge is 0.399 e. The zero-order valence-electron chi connectivity index (χ0n) is 14.5. The van der Waals surface area contributed by atoms with E-state index >= 15 is 0 Å². The Labute approximate surface area is 139 Å². The Bertz CT molecular complexity index is 563. The van der Waals surface area contributed by atoms with Crippen molar-refractivity contribution in [2.45, 2.75) is 58.9 Å². The first kappa shape index (κ1) is 17.5. The predicted octanol–water partition coefficient (Wildman–Crippen LogP) is 3.20. The van der Waals surface area contributed by atoms with Crippen LogP contribution in [0, 0.1) is 5.41 Å². The van der Waals surface area contributed by atoms with Gasteiger partial charge in [-0.1, -0.05) is 32.9 Å². The summed E-state index contributed by atoms with van der Waals surface area (Å²) in [5.74, 6) is -0.545. The van der Waals surface area contributed by atoms with E-state index in [9.17, 15) is 9.59 Å². The average molecular weight is 316 g/mol. The van der Waals surface area contributed by atoms with Crippen molar-refractivity contribution in [3.05, 3.63) is 29.8 Å². The zero-order chi connectivity index (χ0) is 17.0. The summed E-state index contributed by atoms with van der Waals surface area (Å²) in [6.07, 6.45) is 4.45. The van der Waals surface area contributed by atoms with Crippen molar-refractivity contribution >= 4 is 17.4 Å². The smallest absolute Gasteiger partial charge is 0.290 e. The lowest BCUT2D eigenvalue weighted by Crippen LogP contribution is -2.45. The normalized spacial score (nSPS) is 18.2. The second kappa shape index (κ2) is 7.16. The van der Waals surface area contributed by atoms with E-state index in [4.69, 9.17) is 5.73 Å². The number of nitrogen functional groups attached to an aromatic ring is 1. The van der Waals surface area contributed by atoms with Crippen LogP contribution in [0.2, 0.25) is 0 Å². The monoisotopic (exact) mass is 316 g/mol. The first-order valence-corrected chi connectivity index (χ1v) is 8.55. The second-order valence-electron chi connectivity index (χ2n) is 7.14. The molecule has 4 heteroatoms. The highest BCUT2D eigenvalue weighted by Crippen LogP contribution is 2.27. The molecule has 1 atom stereocenters. The third-order valence-electron chi connectivity index (χ3n) is 5.08. The molecule has 1 aromatic carbocycles. The summed E-state index contributed by atoms with van der Waals surface area (Å²) in [5.41, 5.74) is 7.12. The van der Waals surface area contributed by atoms with Crippen LogP contribution in [0.4, 0.5) is 5.69 Å². The van der Waals surface area contributed by atoms with Crippen molar-refractivity contribution in [3.8, 4) is 0 Å². The van der Waals surface area contributed by atoms with E-state index in [0.717, 1.165) is 31.4 Å². The van der Waals surface area contributed by atoms with E-state index < -0.39 is 5.41 Å². The van der Waals surface area contributed by atoms with Crippen LogP contribution in [0.1, 0.15) is 52.0 Å². The summed E-state index contributed by atoms with van der Waals surface area (Å²) in [6.45, 7) is 6.36. The molecule has 0 spiro atoms. The molecule has 126 valence electrons. The maximum Gasteiger partial charge on any atom is 0.290 e. The standard InChI is InChI=1S/C19H28N2O2/c1-4-19(2,3)17(22)18(23)21-13-5-6-16(21)12-9-14-7-10-15(20)11-8-14/h7-8,10-11,16H,4-6,9,12-13,20H2,1-3H3. The number of nitrogens with two attached hydrogens (primary N) is 1. The quantitative estimate of drug-likeness (QED) is 0.647. The molecule has 1 fully saturated rings. The van der Waals surface area contributed by atoms with Gasteiger partial charge in [0.05, 0.1) is 0 Å². The summed E-state index contributed by atoms with van der Waals surface area (Å²) in [7, 11) is 0. The van der Waals surface area contributed by atoms with Crippen molar-refractivity contribution in [2.24, 2.45) is 5.41 Å². The number of carbonyl (C=O) groups is 2. The third kappa shape index (κ3) is 4.12. The van der Waals surface area contributed by atoms with Gasteiger partial charge in [-0.05, 0) is 49.8 Å². The Morgan fingerprint density at radius 1 is 1.26 bits per heavy atom. The molecule has 1 aliphatic rings. The lowest BCUT2D eigenvalue weighted by Gasteiger charge is -2.28. The van der Waals surface area contributed by atoms with Gasteiger partial charge < -0.3 is 10.6 Å². The van der Waals surface area contributed by atoms with E-state index in [2.05, 4.69) is 0 Å². The van der Waals surface area contributed by atoms with Crippen LogP contribution in [0.25, 0.3) is 0 Å². The summed E-state index contributed by atoms with van der Waals surface area (Å²) in [5, 5.41) is 0. The molecule has 0 aliphatic carbocycles. The fourth-order valence-electron chi connectivity index (χ4n) is 3.00. The molecule has 1 amide bonds. The Morgan fingerprint density at radius 2 is 1.91 bits per heavy atom. The highest BCUT2D eigenvalue weighted by molar-refractivity contribution is 6.38. The summed E-state index contributed by atoms with van der Waals surface area (Å²) in [6, 6.07) is 8.04. The highest BCUT2D eigenvalue weighted by Gasteiger charge is 2.38. The van der Waals surface area contributed by atoms with Gasteiger partial charge in [-0.25, -0.2) is 0 Å². The van der Waals surface area contributed by atoms with Gasteiger partial charge in [0.25, 0.3) is 5.91 Å². The maximum absolute atomic E-state index is 12.6. The van der Waals surface area contributed by atoms with Gasteiger partial charge in [-0.3, -0.25) is 9.59 Å². The Balaban J connectivity index is 1.98. The zero-order valence-corrected chi connectivity index (χ0v) is 14.5. The Kier molecular flexibility index (Phi) is 5.45. The van der Waals surface area contributed by atoms with E-state index in [-0.39, 0.29) is 17.7 Å². The molecular weight excluding hydrogens is 288 g/mol. The van der Waals surface area contributed by atoms with Crippen LogP contribution in [-0.2, 0) is 16.0 Å². The van der Waals surface area contributed by atoms with Crippen LogP contribution in [0.15, 0.2) is 24.3 Å². The molecule has 1 aliphatic heterocycles. The number of anilines is 1. The van der Waals surface area contributed by atoms with Gasteiger partial charge in [0, 0.05) is 23.7 Å². The number of Topliss-reactive ketones (excluding diaryl/α,β-unsaturated/α-hetero) is 1. The van der Waals surface area contributed by atoms with Crippen LogP contribution >= 0.6 is 0 Å². The van der Waals surface area contributed by atoms with Gasteiger partial charge in [0.15, 0.2) is 0 Å². The molecule has 1 saturated heterocycles. The average Bonchev–Trinajstić information content (AvgIpc) is 3.01. The molecule has 0 aromatic heterocycles. The number of benzene rings is 1. The molecule has 2 rings (SSSR count). The Morgan fingerprint density at radius 3 is 2.52 bits per heavy atom. The SMILES string of the molecule is CCC(C)(C)C(=O)C(=O)N1CCCC1CCc1ccc(N)cc1. The lowest BCUT2D eigenvalue weighted by molar-refractivity contribution is -0.149. The van der Waals surface area contributed by atoms with Gasteiger partial charge >= 0.3 is 0 Å². The molecule has 0 saturated carbocycles. The fourth-order valence-corrected chi connectivity index (χ4v) is 3.00. The van der Waals surface area contributed by atoms with Crippen LogP contribution in [0.3, 0.4) is 0 Å². The van der Waals surface area contributed by atoms with E-state index in [0.29, 0.717) is 13.0 Å². The molecule has 1 unspecified atom stereocenters. The minimum Gasteiger partial charge on any atom is -0.399 e. The van der Waals surface area contributed by atoms with Gasteiger partial charge in [0.1, 0.15) is 0 Å². The number of hydrogen-bond acceptors (Lipinski definition) is 3. The second-order valence-corrected chi connectivity index (χ2v) is 7.14. The van der Waals surface area contributed by atoms with Crippen molar-refractivity contribution in [2.75, 3.05) is 12.3 Å². The van der Waals surface area contributed by atoms with Gasteiger partial charge in [0.2, 0.25) is 5.78 Å². The number of likely N-dealkylation sites (tertiary alicyclic amines) is 1. The molecule has 0 bridgehead atoms. The van der Waals surface area contributed by atoms with E-state index in [1.54, 1.807) is 4.90 Å². The lowest BCUT2D eigenvalue weighted by atomic mass is 9.84. The topological polar surface area (TPSA) is 63.4 Å². The minimum absolute atomic E-state index is 0.177. The Hall–Kier alpha value is -1.84. The van der Waals surface area contributed by atoms with Crippen molar-refractivity contribution < 1.29 is 9.59 Å². The molecule has 2 N–H and O–H groups in total. The number of carbonyl (C=O) groups excluding carboxylic acids is 2. The third-order valence-corrected chi connectivity index (χ3v) is 5.08. The number of amides is 1. The van der Waals surface area contributed by atoms with Gasteiger partial charge in [-0.15, -0.1) is 0 Å². The fraction of sp³-hybridized carbons (Fsp3) is 0.579. The van der Waals surface area contributed by atoms with Crippen LogP contribution in [0.5, 0.6) is 0 Å². The number of aryl methyl sites for hydroxylation is 1. The van der Waals surface area contributed by atoms with Crippen molar-refractivity contribution in [1.82, 2.24) is 4.90 Å².